The fourth-order valence-corrected chi connectivity index (χ4v) is 2.78. The molecule has 1 fully saturated rings. The van der Waals surface area contributed by atoms with Crippen molar-refractivity contribution in [2.24, 2.45) is 5.92 Å². The Labute approximate surface area is 112 Å². The highest BCUT2D eigenvalue weighted by Crippen LogP contribution is 2.21. The van der Waals surface area contributed by atoms with Gasteiger partial charge in [0.1, 0.15) is 5.82 Å². The lowest BCUT2D eigenvalue weighted by Crippen LogP contribution is -2.39. The number of anilines is 1. The van der Waals surface area contributed by atoms with E-state index in [1.54, 1.807) is 0 Å². The van der Waals surface area contributed by atoms with Crippen molar-refractivity contribution in [2.45, 2.75) is 32.7 Å². The van der Waals surface area contributed by atoms with Crippen LogP contribution in [0.15, 0.2) is 16.7 Å². The Bertz CT molecular complexity index is 375. The van der Waals surface area contributed by atoms with Gasteiger partial charge in [0.05, 0.1) is 0 Å². The van der Waals surface area contributed by atoms with E-state index < -0.39 is 0 Å². The lowest BCUT2D eigenvalue weighted by Gasteiger charge is -2.29. The predicted molar refractivity (Wildman–Crippen MR) is 75.4 cm³/mol. The van der Waals surface area contributed by atoms with Crippen molar-refractivity contribution < 1.29 is 0 Å². The minimum absolute atomic E-state index is 0.468. The summed E-state index contributed by atoms with van der Waals surface area (Å²) < 4.78 is 1.03. The summed E-state index contributed by atoms with van der Waals surface area (Å²) in [5.41, 5.74) is 1.19. The quantitative estimate of drug-likeness (QED) is 0.901. The topological polar surface area (TPSA) is 37.0 Å². The molecule has 0 aliphatic carbocycles. The average Bonchev–Trinajstić information content (AvgIpc) is 2.34. The molecular formula is C13H20BrN3. The maximum Gasteiger partial charge on any atom is 0.129 e. The molecule has 2 heterocycles. The van der Waals surface area contributed by atoms with Gasteiger partial charge in [-0.3, -0.25) is 0 Å². The molecule has 0 amide bonds. The lowest BCUT2D eigenvalue weighted by molar-refractivity contribution is 0.346. The largest absolute Gasteiger partial charge is 0.367 e. The van der Waals surface area contributed by atoms with Gasteiger partial charge < -0.3 is 10.6 Å². The summed E-state index contributed by atoms with van der Waals surface area (Å²) in [4.78, 5) is 4.43. The van der Waals surface area contributed by atoms with Crippen LogP contribution < -0.4 is 10.6 Å². The summed E-state index contributed by atoms with van der Waals surface area (Å²) in [5.74, 6) is 1.71. The summed E-state index contributed by atoms with van der Waals surface area (Å²) in [6, 6.07) is 2.57. The maximum absolute atomic E-state index is 4.43. The Balaban J connectivity index is 1.99. The summed E-state index contributed by atoms with van der Waals surface area (Å²) in [5, 5.41) is 6.99. The number of aromatic nitrogens is 1. The Kier molecular flexibility index (Phi) is 4.40. The van der Waals surface area contributed by atoms with Gasteiger partial charge in [-0.15, -0.1) is 0 Å². The number of piperidine rings is 1. The van der Waals surface area contributed by atoms with Crippen LogP contribution in [0.1, 0.15) is 25.3 Å². The van der Waals surface area contributed by atoms with Crippen molar-refractivity contribution in [3.8, 4) is 0 Å². The van der Waals surface area contributed by atoms with E-state index in [0.29, 0.717) is 12.0 Å². The van der Waals surface area contributed by atoms with E-state index in [1.807, 2.05) is 6.20 Å². The van der Waals surface area contributed by atoms with Crippen LogP contribution in [0.3, 0.4) is 0 Å². The van der Waals surface area contributed by atoms with Gasteiger partial charge in [-0.05, 0) is 73.3 Å². The molecule has 0 saturated carbocycles. The number of hydrogen-bond donors (Lipinski definition) is 2. The molecule has 0 bridgehead atoms. The minimum atomic E-state index is 0.468. The molecule has 1 saturated heterocycles. The van der Waals surface area contributed by atoms with Gasteiger partial charge in [-0.25, -0.2) is 4.98 Å². The highest BCUT2D eigenvalue weighted by Gasteiger charge is 2.20. The number of aryl methyl sites for hydroxylation is 1. The molecule has 2 atom stereocenters. The van der Waals surface area contributed by atoms with E-state index in [0.717, 1.165) is 16.8 Å². The second-order valence-electron chi connectivity index (χ2n) is 4.86. The van der Waals surface area contributed by atoms with Crippen LogP contribution >= 0.6 is 15.9 Å². The minimum Gasteiger partial charge on any atom is -0.367 e. The molecule has 94 valence electrons. The Morgan fingerprint density at radius 2 is 2.41 bits per heavy atom. The fraction of sp³-hybridized carbons (Fsp3) is 0.615. The van der Waals surface area contributed by atoms with E-state index in [1.165, 1.54) is 24.9 Å². The molecule has 2 rings (SSSR count). The third kappa shape index (κ3) is 3.42. The number of nitrogens with one attached hydrogen (secondary N) is 2. The summed E-state index contributed by atoms with van der Waals surface area (Å²) in [6.07, 6.45) is 4.43. The Hall–Kier alpha value is -0.610. The van der Waals surface area contributed by atoms with Gasteiger partial charge in [-0.2, -0.15) is 0 Å². The molecule has 0 spiro atoms. The SMILES string of the molecule is Cc1cc(Br)cnc1NC(C)C1CCCNC1. The molecule has 4 heteroatoms. The normalized spacial score (nSPS) is 22.2. The molecule has 3 nitrogen and oxygen atoms in total. The van der Waals surface area contributed by atoms with Crippen molar-refractivity contribution in [2.75, 3.05) is 18.4 Å². The van der Waals surface area contributed by atoms with Crippen LogP contribution in [-0.4, -0.2) is 24.1 Å². The van der Waals surface area contributed by atoms with Crippen LogP contribution in [0, 0.1) is 12.8 Å². The van der Waals surface area contributed by atoms with Gasteiger partial charge in [0.2, 0.25) is 0 Å². The van der Waals surface area contributed by atoms with E-state index in [-0.39, 0.29) is 0 Å². The highest BCUT2D eigenvalue weighted by molar-refractivity contribution is 9.10. The number of pyridine rings is 1. The average molecular weight is 298 g/mol. The number of halogens is 1. The van der Waals surface area contributed by atoms with Crippen LogP contribution in [0.4, 0.5) is 5.82 Å². The molecule has 0 aromatic carbocycles. The zero-order valence-electron chi connectivity index (χ0n) is 10.5. The first kappa shape index (κ1) is 12.8. The molecular weight excluding hydrogens is 278 g/mol. The second-order valence-corrected chi connectivity index (χ2v) is 5.77. The van der Waals surface area contributed by atoms with Gasteiger partial charge in [0.15, 0.2) is 0 Å². The van der Waals surface area contributed by atoms with Gasteiger partial charge in [-0.1, -0.05) is 0 Å². The fourth-order valence-electron chi connectivity index (χ4n) is 2.33. The Morgan fingerprint density at radius 1 is 1.59 bits per heavy atom. The van der Waals surface area contributed by atoms with E-state index in [9.17, 15) is 0 Å². The molecule has 2 N–H and O–H groups in total. The smallest absolute Gasteiger partial charge is 0.129 e. The predicted octanol–water partition coefficient (Wildman–Crippen LogP) is 2.95. The van der Waals surface area contributed by atoms with Crippen LogP contribution in [-0.2, 0) is 0 Å². The standard InChI is InChI=1S/C13H20BrN3/c1-9-6-12(14)8-16-13(9)17-10(2)11-4-3-5-15-7-11/h6,8,10-11,15H,3-5,7H2,1-2H3,(H,16,17). The molecule has 0 radical (unpaired) electrons. The summed E-state index contributed by atoms with van der Waals surface area (Å²) in [7, 11) is 0. The van der Waals surface area contributed by atoms with Crippen LogP contribution in [0.5, 0.6) is 0 Å². The monoisotopic (exact) mass is 297 g/mol. The molecule has 1 aromatic heterocycles. The first-order valence-corrected chi connectivity index (χ1v) is 7.05. The highest BCUT2D eigenvalue weighted by atomic mass is 79.9. The summed E-state index contributed by atoms with van der Waals surface area (Å²) >= 11 is 3.44. The van der Waals surface area contributed by atoms with Crippen molar-refractivity contribution in [1.82, 2.24) is 10.3 Å². The van der Waals surface area contributed by atoms with Gasteiger partial charge in [0.25, 0.3) is 0 Å². The van der Waals surface area contributed by atoms with E-state index in [2.05, 4.69) is 51.5 Å². The lowest BCUT2D eigenvalue weighted by atomic mass is 9.93. The molecule has 1 aliphatic rings. The third-order valence-electron chi connectivity index (χ3n) is 3.45. The van der Waals surface area contributed by atoms with E-state index >= 15 is 0 Å². The number of rotatable bonds is 3. The summed E-state index contributed by atoms with van der Waals surface area (Å²) in [6.45, 7) is 6.62. The molecule has 1 aliphatic heterocycles. The second kappa shape index (κ2) is 5.83. The molecule has 1 aromatic rings. The zero-order valence-corrected chi connectivity index (χ0v) is 12.0. The maximum atomic E-state index is 4.43. The third-order valence-corrected chi connectivity index (χ3v) is 3.89. The first-order chi connectivity index (χ1) is 8.16. The van der Waals surface area contributed by atoms with Crippen molar-refractivity contribution in [1.29, 1.82) is 0 Å². The van der Waals surface area contributed by atoms with Gasteiger partial charge in [0, 0.05) is 16.7 Å². The van der Waals surface area contributed by atoms with Gasteiger partial charge >= 0.3 is 0 Å². The van der Waals surface area contributed by atoms with Crippen LogP contribution in [0.25, 0.3) is 0 Å². The molecule has 2 unspecified atom stereocenters. The number of nitrogens with zero attached hydrogens (tertiary/aromatic N) is 1. The Morgan fingerprint density at radius 3 is 3.06 bits per heavy atom. The molecule has 17 heavy (non-hydrogen) atoms. The van der Waals surface area contributed by atoms with Crippen LogP contribution in [0.2, 0.25) is 0 Å². The zero-order chi connectivity index (χ0) is 12.3. The van der Waals surface area contributed by atoms with Crippen molar-refractivity contribution >= 4 is 21.7 Å². The first-order valence-electron chi connectivity index (χ1n) is 6.26. The van der Waals surface area contributed by atoms with E-state index in [4.69, 9.17) is 0 Å². The number of hydrogen-bond acceptors (Lipinski definition) is 3. The van der Waals surface area contributed by atoms with Crippen molar-refractivity contribution in [3.63, 3.8) is 0 Å². The van der Waals surface area contributed by atoms with Crippen molar-refractivity contribution in [3.05, 3.63) is 22.3 Å².